The van der Waals surface area contributed by atoms with Crippen LogP contribution in [0.5, 0.6) is 11.5 Å². The molecular formula is C51H48N6O6S2. The van der Waals surface area contributed by atoms with Crippen LogP contribution in [0.3, 0.4) is 0 Å². The van der Waals surface area contributed by atoms with E-state index in [9.17, 15) is 16.8 Å². The highest BCUT2D eigenvalue weighted by atomic mass is 32.2. The summed E-state index contributed by atoms with van der Waals surface area (Å²) in [6, 6.07) is 47.0. The van der Waals surface area contributed by atoms with E-state index >= 15 is 0 Å². The highest BCUT2D eigenvalue weighted by Crippen LogP contribution is 2.35. The fourth-order valence-corrected chi connectivity index (χ4v) is 12.1. The summed E-state index contributed by atoms with van der Waals surface area (Å²) in [4.78, 5) is 2.95. The van der Waals surface area contributed by atoms with Gasteiger partial charge in [-0.05, 0) is 104 Å². The van der Waals surface area contributed by atoms with E-state index in [1.165, 1.54) is 5.56 Å². The predicted molar refractivity (Wildman–Crippen MR) is 253 cm³/mol. The summed E-state index contributed by atoms with van der Waals surface area (Å²) in [5, 5.41) is 21.7. The highest BCUT2D eigenvalue weighted by Gasteiger charge is 2.28. The Hall–Kier alpha value is -6.58. The number of aromatic amines is 2. The fourth-order valence-electron chi connectivity index (χ4n) is 8.97. The van der Waals surface area contributed by atoms with Crippen molar-refractivity contribution in [3.8, 4) is 11.5 Å². The highest BCUT2D eigenvalue weighted by molar-refractivity contribution is 7.92. The minimum Gasteiger partial charge on any atom is -0.489 e. The third-order valence-electron chi connectivity index (χ3n) is 12.2. The maximum absolute atomic E-state index is 13.7. The van der Waals surface area contributed by atoms with Crippen molar-refractivity contribution in [2.24, 2.45) is 0 Å². The first-order valence-electron chi connectivity index (χ1n) is 21.9. The van der Waals surface area contributed by atoms with Gasteiger partial charge in [0.05, 0.1) is 20.8 Å². The van der Waals surface area contributed by atoms with Crippen LogP contribution in [0.25, 0.3) is 43.4 Å². The number of hydrogen-bond donors (Lipinski definition) is 3. The lowest BCUT2D eigenvalue weighted by atomic mass is 10.1. The molecule has 7 aromatic carbocycles. The second-order valence-corrected chi connectivity index (χ2v) is 20.3. The number of sulfone groups is 2. The number of nitrogens with zero attached hydrogens (tertiary/aromatic N) is 3. The van der Waals surface area contributed by atoms with Crippen LogP contribution in [-0.4, -0.2) is 80.5 Å². The predicted octanol–water partition coefficient (Wildman–Crippen LogP) is 9.27. The van der Waals surface area contributed by atoms with Crippen LogP contribution in [0.4, 0.5) is 0 Å². The van der Waals surface area contributed by atoms with Gasteiger partial charge in [-0.15, -0.1) is 0 Å². The van der Waals surface area contributed by atoms with E-state index in [4.69, 9.17) is 9.47 Å². The van der Waals surface area contributed by atoms with E-state index in [-0.39, 0.29) is 32.1 Å². The van der Waals surface area contributed by atoms with Gasteiger partial charge in [-0.1, -0.05) is 103 Å². The Morgan fingerprint density at radius 3 is 1.65 bits per heavy atom. The molecule has 2 aromatic heterocycles. The van der Waals surface area contributed by atoms with E-state index in [2.05, 4.69) is 54.9 Å². The van der Waals surface area contributed by atoms with Crippen molar-refractivity contribution in [2.75, 3.05) is 26.2 Å². The number of ether oxygens (including phenoxy) is 2. The Morgan fingerprint density at radius 1 is 0.554 bits per heavy atom. The van der Waals surface area contributed by atoms with Crippen LogP contribution in [-0.2, 0) is 26.2 Å². The zero-order valence-corrected chi connectivity index (χ0v) is 37.2. The molecule has 330 valence electrons. The van der Waals surface area contributed by atoms with Crippen LogP contribution < -0.4 is 14.8 Å². The molecule has 2 aliphatic rings. The maximum Gasteiger partial charge on any atom is 0.224 e. The zero-order chi connectivity index (χ0) is 44.4. The first kappa shape index (κ1) is 42.4. The van der Waals surface area contributed by atoms with Crippen LogP contribution in [0.1, 0.15) is 31.2 Å². The molecule has 0 saturated carbocycles. The minimum atomic E-state index is -3.82. The van der Waals surface area contributed by atoms with Crippen molar-refractivity contribution in [2.45, 2.75) is 64.3 Å². The number of aromatic nitrogens is 4. The summed E-state index contributed by atoms with van der Waals surface area (Å²) in [7, 11) is -7.61. The largest absolute Gasteiger partial charge is 0.489 e. The van der Waals surface area contributed by atoms with E-state index in [0.29, 0.717) is 44.1 Å². The Kier molecular flexibility index (Phi) is 11.8. The second kappa shape index (κ2) is 18.1. The van der Waals surface area contributed by atoms with E-state index < -0.39 is 19.7 Å². The Labute approximate surface area is 377 Å². The van der Waals surface area contributed by atoms with Crippen LogP contribution in [0.15, 0.2) is 172 Å². The van der Waals surface area contributed by atoms with E-state index in [1.807, 2.05) is 84.9 Å². The monoisotopic (exact) mass is 904 g/mol. The second-order valence-electron chi connectivity index (χ2n) is 16.6. The van der Waals surface area contributed by atoms with Crippen molar-refractivity contribution in [1.29, 1.82) is 0 Å². The molecule has 2 unspecified atom stereocenters. The van der Waals surface area contributed by atoms with Gasteiger partial charge in [0.1, 0.15) is 23.7 Å². The molecule has 12 nitrogen and oxygen atoms in total. The van der Waals surface area contributed by atoms with Gasteiger partial charge < -0.3 is 14.8 Å². The summed E-state index contributed by atoms with van der Waals surface area (Å²) in [6.45, 7) is 4.58. The quantitative estimate of drug-likeness (QED) is 0.121. The summed E-state index contributed by atoms with van der Waals surface area (Å²) in [5.41, 5.74) is 2.48. The Bertz CT molecular complexity index is 3360. The van der Waals surface area contributed by atoms with Gasteiger partial charge in [-0.3, -0.25) is 15.1 Å². The Morgan fingerprint density at radius 2 is 1.08 bits per heavy atom. The number of rotatable bonds is 10. The zero-order valence-electron chi connectivity index (χ0n) is 35.6. The standard InChI is InChI=1S/C29H27N3O3S.C22H21N3O3S/c33-36(34,28-14-6-11-22-10-4-5-13-25(22)28)29-26-18-23(15-16-27(26)30-31-29)35-24-12-7-17-32(20-24)19-21-8-2-1-3-9-21;26-29(27,21-9-3-6-15-5-1-2-8-18(15)21)22-19-13-16(10-11-20(19)24-25-22)28-17-7-4-12-23-14-17/h1-6,8-11,13-16,18,24H,7,12,17,19-20H2,(H,30,31);1-3,5-6,8-11,13,17,23H,4,7,12,14H2,(H,24,25). The van der Waals surface area contributed by atoms with Gasteiger partial charge in [0.2, 0.25) is 19.7 Å². The van der Waals surface area contributed by atoms with E-state index in [1.54, 1.807) is 42.5 Å². The van der Waals surface area contributed by atoms with Crippen molar-refractivity contribution in [3.63, 3.8) is 0 Å². The van der Waals surface area contributed by atoms with Crippen molar-refractivity contribution in [3.05, 3.63) is 157 Å². The van der Waals surface area contributed by atoms with Gasteiger partial charge in [0.25, 0.3) is 0 Å². The SMILES string of the molecule is O=S(=O)(c1cccc2ccccc12)c1[nH]nc2ccc(OC3CCCN(Cc4ccccc4)C3)cc12.O=S(=O)(c1cccc2ccccc12)c1[nH]nc2ccc(OC3CCCNC3)cc12. The number of piperidine rings is 2. The number of H-pyrrole nitrogens is 2. The minimum absolute atomic E-state index is 0.0462. The number of likely N-dealkylation sites (tertiary alicyclic amines) is 1. The molecule has 2 saturated heterocycles. The van der Waals surface area contributed by atoms with Gasteiger partial charge in [-0.25, -0.2) is 16.8 Å². The van der Waals surface area contributed by atoms with Crippen molar-refractivity contribution >= 4 is 63.0 Å². The first-order chi connectivity index (χ1) is 31.7. The van der Waals surface area contributed by atoms with Crippen LogP contribution >= 0.6 is 0 Å². The van der Waals surface area contributed by atoms with Crippen molar-refractivity contribution < 1.29 is 26.3 Å². The molecule has 0 aliphatic carbocycles. The topological polar surface area (TPSA) is 159 Å². The molecule has 0 radical (unpaired) electrons. The number of nitrogens with one attached hydrogen (secondary N) is 3. The molecule has 0 bridgehead atoms. The molecule has 11 rings (SSSR count). The average molecular weight is 905 g/mol. The molecule has 9 aromatic rings. The lowest BCUT2D eigenvalue weighted by Gasteiger charge is -2.33. The van der Waals surface area contributed by atoms with Gasteiger partial charge >= 0.3 is 0 Å². The summed E-state index contributed by atoms with van der Waals surface area (Å²) in [6.07, 6.45) is 4.22. The first-order valence-corrected chi connectivity index (χ1v) is 24.9. The average Bonchev–Trinajstić information content (AvgIpc) is 3.97. The number of hydrogen-bond acceptors (Lipinski definition) is 10. The summed E-state index contributed by atoms with van der Waals surface area (Å²) < 4.78 is 66.9. The van der Waals surface area contributed by atoms with E-state index in [0.717, 1.165) is 69.2 Å². The molecular weight excluding hydrogens is 857 g/mol. The Balaban J connectivity index is 0.000000157. The molecule has 4 heterocycles. The number of benzene rings is 7. The fraction of sp³-hybridized carbons (Fsp3) is 0.216. The lowest BCUT2D eigenvalue weighted by molar-refractivity contribution is 0.0844. The molecule has 3 N–H and O–H groups in total. The third-order valence-corrected chi connectivity index (χ3v) is 15.7. The molecule has 2 aliphatic heterocycles. The van der Waals surface area contributed by atoms with Gasteiger partial charge in [0.15, 0.2) is 10.1 Å². The van der Waals surface area contributed by atoms with Crippen LogP contribution in [0, 0.1) is 0 Å². The molecule has 65 heavy (non-hydrogen) atoms. The molecule has 0 amide bonds. The maximum atomic E-state index is 13.7. The van der Waals surface area contributed by atoms with Crippen LogP contribution in [0.2, 0.25) is 0 Å². The molecule has 2 fully saturated rings. The normalized spacial score (nSPS) is 17.2. The number of fused-ring (bicyclic) bond motifs is 4. The van der Waals surface area contributed by atoms with Crippen molar-refractivity contribution in [1.82, 2.24) is 30.6 Å². The summed E-state index contributed by atoms with van der Waals surface area (Å²) in [5.74, 6) is 1.31. The molecule has 0 spiro atoms. The van der Waals surface area contributed by atoms with Gasteiger partial charge in [-0.2, -0.15) is 10.2 Å². The molecule has 2 atom stereocenters. The third kappa shape index (κ3) is 8.82. The smallest absolute Gasteiger partial charge is 0.224 e. The van der Waals surface area contributed by atoms with Gasteiger partial charge in [0, 0.05) is 41.2 Å². The summed E-state index contributed by atoms with van der Waals surface area (Å²) >= 11 is 0. The lowest BCUT2D eigenvalue weighted by Crippen LogP contribution is -2.40. The molecule has 14 heteroatoms.